The van der Waals surface area contributed by atoms with Crippen LogP contribution in [0.4, 0.5) is 0 Å². The molecule has 0 aliphatic heterocycles. The fraction of sp³-hybridized carbons (Fsp3) is 1.00. The predicted molar refractivity (Wildman–Crippen MR) is 38.8 cm³/mol. The maximum Gasteiger partial charge on any atom is 0.0806 e. The number of aliphatic hydroxyl groups is 2. The van der Waals surface area contributed by atoms with Gasteiger partial charge in [-0.2, -0.15) is 0 Å². The highest BCUT2D eigenvalue weighted by Gasteiger charge is 2.04. The van der Waals surface area contributed by atoms with Crippen LogP contribution in [0.25, 0.3) is 0 Å². The first-order chi connectivity index (χ1) is 4.85. The van der Waals surface area contributed by atoms with Crippen molar-refractivity contribution in [3.05, 3.63) is 0 Å². The normalized spacial score (nSPS) is 13.5. The Labute approximate surface area is 61.6 Å². The lowest BCUT2D eigenvalue weighted by Crippen LogP contribution is -2.17. The van der Waals surface area contributed by atoms with Crippen molar-refractivity contribution in [3.8, 4) is 0 Å². The van der Waals surface area contributed by atoms with Crippen LogP contribution in [0.1, 0.15) is 19.8 Å². The summed E-state index contributed by atoms with van der Waals surface area (Å²) < 4.78 is 5.13. The van der Waals surface area contributed by atoms with E-state index in [1.54, 1.807) is 0 Å². The van der Waals surface area contributed by atoms with Crippen molar-refractivity contribution < 1.29 is 14.9 Å². The van der Waals surface area contributed by atoms with Gasteiger partial charge in [0.15, 0.2) is 0 Å². The Balaban J connectivity index is 3.21. The van der Waals surface area contributed by atoms with Crippen molar-refractivity contribution in [2.24, 2.45) is 0 Å². The van der Waals surface area contributed by atoms with Crippen LogP contribution in [0, 0.1) is 0 Å². The molecule has 0 aromatic rings. The summed E-state index contributed by atoms with van der Waals surface area (Å²) in [5, 5.41) is 17.1. The molecule has 1 unspecified atom stereocenters. The molecule has 0 heterocycles. The average molecular weight is 148 g/mol. The Bertz CT molecular complexity index is 65.9. The Morgan fingerprint density at radius 3 is 2.50 bits per heavy atom. The lowest BCUT2D eigenvalue weighted by molar-refractivity contribution is 0.0114. The van der Waals surface area contributed by atoms with Crippen LogP contribution in [0.2, 0.25) is 0 Å². The second-order valence-electron chi connectivity index (χ2n) is 2.13. The largest absolute Gasteiger partial charge is 0.396 e. The quantitative estimate of drug-likeness (QED) is 0.564. The van der Waals surface area contributed by atoms with Crippen LogP contribution in [-0.2, 0) is 4.74 Å². The van der Waals surface area contributed by atoms with Crippen molar-refractivity contribution >= 4 is 0 Å². The maximum atomic E-state index is 8.68. The van der Waals surface area contributed by atoms with E-state index in [1.807, 2.05) is 6.92 Å². The molecular weight excluding hydrogens is 132 g/mol. The minimum atomic E-state index is -0.0860. The van der Waals surface area contributed by atoms with Crippen LogP contribution < -0.4 is 0 Å². The third kappa shape index (κ3) is 4.73. The Hall–Kier alpha value is -0.120. The lowest BCUT2D eigenvalue weighted by atomic mass is 10.2. The van der Waals surface area contributed by atoms with Gasteiger partial charge in [0.2, 0.25) is 0 Å². The van der Waals surface area contributed by atoms with Crippen molar-refractivity contribution in [2.45, 2.75) is 25.9 Å². The molecule has 0 aromatic heterocycles. The maximum absolute atomic E-state index is 8.68. The number of hydrogen-bond acceptors (Lipinski definition) is 3. The average Bonchev–Trinajstić information content (AvgIpc) is 1.98. The summed E-state index contributed by atoms with van der Waals surface area (Å²) in [4.78, 5) is 0. The van der Waals surface area contributed by atoms with E-state index >= 15 is 0 Å². The van der Waals surface area contributed by atoms with E-state index in [-0.39, 0.29) is 19.3 Å². The monoisotopic (exact) mass is 148 g/mol. The third-order valence-corrected chi connectivity index (χ3v) is 1.29. The lowest BCUT2D eigenvalue weighted by Gasteiger charge is -2.12. The van der Waals surface area contributed by atoms with Crippen LogP contribution in [-0.4, -0.2) is 36.1 Å². The van der Waals surface area contributed by atoms with Crippen LogP contribution >= 0.6 is 0 Å². The Morgan fingerprint density at radius 1 is 1.40 bits per heavy atom. The van der Waals surface area contributed by atoms with Crippen molar-refractivity contribution in [3.63, 3.8) is 0 Å². The number of aliphatic hydroxyl groups excluding tert-OH is 2. The molecule has 3 nitrogen and oxygen atoms in total. The van der Waals surface area contributed by atoms with E-state index in [4.69, 9.17) is 14.9 Å². The van der Waals surface area contributed by atoms with Gasteiger partial charge in [-0.15, -0.1) is 0 Å². The minimum Gasteiger partial charge on any atom is -0.396 e. The Kier molecular flexibility index (Phi) is 6.91. The highest BCUT2D eigenvalue weighted by molar-refractivity contribution is 4.54. The van der Waals surface area contributed by atoms with Crippen LogP contribution in [0.5, 0.6) is 0 Å². The van der Waals surface area contributed by atoms with Gasteiger partial charge in [-0.1, -0.05) is 0 Å². The number of hydrogen-bond donors (Lipinski definition) is 2. The molecule has 0 amide bonds. The predicted octanol–water partition coefficient (Wildman–Crippen LogP) is 0.156. The van der Waals surface area contributed by atoms with Gasteiger partial charge in [0, 0.05) is 13.2 Å². The summed E-state index contributed by atoms with van der Waals surface area (Å²) >= 11 is 0. The molecule has 62 valence electrons. The van der Waals surface area contributed by atoms with Gasteiger partial charge in [0.25, 0.3) is 0 Å². The topological polar surface area (TPSA) is 49.7 Å². The summed E-state index contributed by atoms with van der Waals surface area (Å²) in [7, 11) is 0. The molecule has 0 saturated heterocycles. The van der Waals surface area contributed by atoms with Crippen molar-refractivity contribution in [2.75, 3.05) is 19.8 Å². The van der Waals surface area contributed by atoms with E-state index in [0.717, 1.165) is 6.42 Å². The number of rotatable bonds is 6. The van der Waals surface area contributed by atoms with Gasteiger partial charge >= 0.3 is 0 Å². The molecule has 0 radical (unpaired) electrons. The van der Waals surface area contributed by atoms with Crippen molar-refractivity contribution in [1.29, 1.82) is 0 Å². The van der Waals surface area contributed by atoms with Gasteiger partial charge in [0.1, 0.15) is 0 Å². The van der Waals surface area contributed by atoms with E-state index in [1.165, 1.54) is 0 Å². The molecular formula is C7H16O3. The highest BCUT2D eigenvalue weighted by Crippen LogP contribution is 2.00. The fourth-order valence-electron chi connectivity index (χ4n) is 0.782. The van der Waals surface area contributed by atoms with Crippen LogP contribution in [0.3, 0.4) is 0 Å². The zero-order chi connectivity index (χ0) is 7.82. The molecule has 0 aliphatic rings. The van der Waals surface area contributed by atoms with Gasteiger partial charge in [-0.05, 0) is 19.8 Å². The summed E-state index contributed by atoms with van der Waals surface area (Å²) in [6.45, 7) is 2.73. The van der Waals surface area contributed by atoms with Gasteiger partial charge < -0.3 is 14.9 Å². The smallest absolute Gasteiger partial charge is 0.0806 e. The molecule has 10 heavy (non-hydrogen) atoms. The first-order valence-electron chi connectivity index (χ1n) is 3.68. The van der Waals surface area contributed by atoms with E-state index in [2.05, 4.69) is 0 Å². The molecule has 3 heteroatoms. The first-order valence-corrected chi connectivity index (χ1v) is 3.68. The molecule has 0 aliphatic carbocycles. The molecule has 0 fully saturated rings. The van der Waals surface area contributed by atoms with Crippen LogP contribution in [0.15, 0.2) is 0 Å². The third-order valence-electron chi connectivity index (χ3n) is 1.29. The fourth-order valence-corrected chi connectivity index (χ4v) is 0.782. The van der Waals surface area contributed by atoms with Gasteiger partial charge in [-0.25, -0.2) is 0 Å². The highest BCUT2D eigenvalue weighted by atomic mass is 16.5. The zero-order valence-corrected chi connectivity index (χ0v) is 6.42. The van der Waals surface area contributed by atoms with Crippen molar-refractivity contribution in [1.82, 2.24) is 0 Å². The second kappa shape index (κ2) is 6.99. The summed E-state index contributed by atoms with van der Waals surface area (Å²) in [6, 6.07) is 0. The van der Waals surface area contributed by atoms with Gasteiger partial charge in [-0.3, -0.25) is 0 Å². The summed E-state index contributed by atoms with van der Waals surface area (Å²) in [5.41, 5.74) is 0. The van der Waals surface area contributed by atoms with E-state index in [0.29, 0.717) is 13.0 Å². The molecule has 0 aromatic carbocycles. The summed E-state index contributed by atoms with van der Waals surface area (Å²) in [5.74, 6) is 0. The van der Waals surface area contributed by atoms with E-state index < -0.39 is 0 Å². The second-order valence-corrected chi connectivity index (χ2v) is 2.13. The molecule has 0 bridgehead atoms. The minimum absolute atomic E-state index is 0.0494. The molecule has 0 spiro atoms. The molecule has 0 saturated carbocycles. The molecule has 2 N–H and O–H groups in total. The van der Waals surface area contributed by atoms with Gasteiger partial charge in [0.05, 0.1) is 12.7 Å². The number of ether oxygens (including phenoxy) is 1. The first kappa shape index (κ1) is 9.88. The molecule has 0 rings (SSSR count). The summed E-state index contributed by atoms with van der Waals surface area (Å²) in [6.07, 6.45) is 1.35. The van der Waals surface area contributed by atoms with E-state index in [9.17, 15) is 0 Å². The standard InChI is InChI=1S/C7H16O3/c1-2-10-7(6-9)4-3-5-8/h7-9H,2-6H2,1H3. The molecule has 1 atom stereocenters. The zero-order valence-electron chi connectivity index (χ0n) is 6.42. The SMILES string of the molecule is CCOC(CO)CCCO. The Morgan fingerprint density at radius 2 is 2.10 bits per heavy atom.